The number of anilines is 1. The van der Waals surface area contributed by atoms with Crippen LogP contribution in [0.25, 0.3) is 0 Å². The van der Waals surface area contributed by atoms with Crippen molar-refractivity contribution in [1.29, 1.82) is 0 Å². The Labute approximate surface area is 200 Å². The van der Waals surface area contributed by atoms with Crippen molar-refractivity contribution >= 4 is 33.2 Å². The molecule has 2 aromatic carbocycles. The molecule has 1 amide bonds. The van der Waals surface area contributed by atoms with Crippen molar-refractivity contribution in [2.45, 2.75) is 45.0 Å². The molecule has 0 radical (unpaired) electrons. The number of para-hydroxylation sites is 1. The number of benzene rings is 2. The minimum absolute atomic E-state index is 0.0272. The number of morpholine rings is 1. The third-order valence-electron chi connectivity index (χ3n) is 5.88. The van der Waals surface area contributed by atoms with Crippen molar-refractivity contribution in [2.24, 2.45) is 5.92 Å². The number of halogens is 2. The molecule has 0 bridgehead atoms. The van der Waals surface area contributed by atoms with Crippen molar-refractivity contribution in [2.75, 3.05) is 24.1 Å². The monoisotopic (exact) mass is 496 g/mol. The van der Waals surface area contributed by atoms with Crippen LogP contribution in [0.2, 0.25) is 5.02 Å². The van der Waals surface area contributed by atoms with Crippen LogP contribution in [-0.2, 0) is 19.6 Å². The summed E-state index contributed by atoms with van der Waals surface area (Å²) in [6.07, 6.45) is 0. The molecule has 2 atom stereocenters. The molecule has 0 aliphatic carbocycles. The summed E-state index contributed by atoms with van der Waals surface area (Å²) in [4.78, 5) is 14.8. The van der Waals surface area contributed by atoms with Crippen molar-refractivity contribution in [3.05, 3.63) is 64.9 Å². The maximum absolute atomic E-state index is 14.8. The van der Waals surface area contributed by atoms with Crippen LogP contribution in [0.3, 0.4) is 0 Å². The molecule has 6 nitrogen and oxygen atoms in total. The second-order valence-electron chi connectivity index (χ2n) is 8.77. The Kier molecular flexibility index (Phi) is 8.03. The van der Waals surface area contributed by atoms with E-state index in [-0.39, 0.29) is 37.3 Å². The van der Waals surface area contributed by atoms with Crippen LogP contribution in [0.5, 0.6) is 0 Å². The van der Waals surface area contributed by atoms with Gasteiger partial charge in [-0.1, -0.05) is 49.7 Å². The van der Waals surface area contributed by atoms with Crippen molar-refractivity contribution < 1.29 is 22.3 Å². The first-order valence-corrected chi connectivity index (χ1v) is 12.8. The smallest absolute Gasteiger partial charge is 0.249 e. The Balaban J connectivity index is 2.07. The van der Waals surface area contributed by atoms with E-state index in [1.165, 1.54) is 18.2 Å². The number of nitrogens with zero attached hydrogens (tertiary/aromatic N) is 2. The van der Waals surface area contributed by atoms with Crippen LogP contribution in [0.15, 0.2) is 48.5 Å². The molecule has 1 aliphatic heterocycles. The highest BCUT2D eigenvalue weighted by molar-refractivity contribution is 7.93. The predicted octanol–water partition coefficient (Wildman–Crippen LogP) is 4.65. The third kappa shape index (κ3) is 5.50. The summed E-state index contributed by atoms with van der Waals surface area (Å²) in [6.45, 7) is 7.07. The number of rotatable bonds is 8. The van der Waals surface area contributed by atoms with E-state index in [4.69, 9.17) is 16.3 Å². The summed E-state index contributed by atoms with van der Waals surface area (Å²) in [7, 11) is -3.88. The second-order valence-corrected chi connectivity index (χ2v) is 11.6. The topological polar surface area (TPSA) is 66.9 Å². The van der Waals surface area contributed by atoms with Gasteiger partial charge in [-0.3, -0.25) is 9.10 Å². The summed E-state index contributed by atoms with van der Waals surface area (Å²) < 4.78 is 48.0. The highest BCUT2D eigenvalue weighted by Gasteiger charge is 2.40. The number of hydrogen-bond donors (Lipinski definition) is 0. The van der Waals surface area contributed by atoms with Crippen molar-refractivity contribution in [3.8, 4) is 0 Å². The normalized spacial score (nSPS) is 18.1. The third-order valence-corrected chi connectivity index (χ3v) is 8.29. The number of carbonyl (C=O) groups excluding carboxylic acids is 1. The Morgan fingerprint density at radius 1 is 1.12 bits per heavy atom. The number of amides is 1. The summed E-state index contributed by atoms with van der Waals surface area (Å²) in [5.41, 5.74) is 0.808. The van der Waals surface area contributed by atoms with Crippen LogP contribution < -0.4 is 4.31 Å². The largest absolute Gasteiger partial charge is 0.369 e. The maximum atomic E-state index is 14.8. The number of carbonyl (C=O) groups is 1. The first kappa shape index (κ1) is 25.5. The highest BCUT2D eigenvalue weighted by Crippen LogP contribution is 2.33. The molecule has 0 aromatic heterocycles. The van der Waals surface area contributed by atoms with E-state index < -0.39 is 33.2 Å². The first-order valence-electron chi connectivity index (χ1n) is 10.9. The van der Waals surface area contributed by atoms with E-state index in [1.54, 1.807) is 36.9 Å². The summed E-state index contributed by atoms with van der Waals surface area (Å²) >= 11 is 6.04. The Bertz CT molecular complexity index is 1080. The van der Waals surface area contributed by atoms with Crippen LogP contribution >= 0.6 is 11.6 Å². The molecule has 0 spiro atoms. The van der Waals surface area contributed by atoms with E-state index in [0.29, 0.717) is 5.02 Å². The summed E-state index contributed by atoms with van der Waals surface area (Å²) in [5.74, 6) is -0.986. The van der Waals surface area contributed by atoms with Crippen LogP contribution in [-0.4, -0.2) is 50.3 Å². The molecule has 33 heavy (non-hydrogen) atoms. The van der Waals surface area contributed by atoms with E-state index in [9.17, 15) is 17.6 Å². The lowest BCUT2D eigenvalue weighted by Gasteiger charge is -2.44. The average molecular weight is 497 g/mol. The highest BCUT2D eigenvalue weighted by atomic mass is 35.5. The molecule has 1 saturated heterocycles. The molecule has 1 aliphatic rings. The number of sulfonamides is 1. The van der Waals surface area contributed by atoms with Crippen molar-refractivity contribution in [3.63, 3.8) is 0 Å². The zero-order chi connectivity index (χ0) is 24.3. The lowest BCUT2D eigenvalue weighted by molar-refractivity contribution is -0.153. The molecule has 3 rings (SSSR count). The predicted molar refractivity (Wildman–Crippen MR) is 128 cm³/mol. The SMILES string of the molecule is CC(C)C(CN(c1ccccc1F)S(=O)(=O)C(C)C)N1C(=O)COC[C@H]1c1ccc(Cl)cc1. The van der Waals surface area contributed by atoms with E-state index >= 15 is 0 Å². The van der Waals surface area contributed by atoms with Gasteiger partial charge >= 0.3 is 0 Å². The first-order chi connectivity index (χ1) is 15.5. The standard InChI is InChI=1S/C24H30ClFN2O4S/c1-16(2)22(13-27(33(30,31)17(3)4)21-8-6-5-7-20(21)26)28-23(14-32-15-24(28)29)18-9-11-19(25)12-10-18/h5-12,16-17,22-23H,13-15H2,1-4H3/t22?,23-/m0/s1. The van der Waals surface area contributed by atoms with Crippen molar-refractivity contribution in [1.82, 2.24) is 4.90 Å². The van der Waals surface area contributed by atoms with Gasteiger partial charge in [0.2, 0.25) is 15.9 Å². The Morgan fingerprint density at radius 3 is 2.33 bits per heavy atom. The molecule has 9 heteroatoms. The second kappa shape index (κ2) is 10.4. The maximum Gasteiger partial charge on any atom is 0.249 e. The van der Waals surface area contributed by atoms with Gasteiger partial charge in [0, 0.05) is 5.02 Å². The fraction of sp³-hybridized carbons (Fsp3) is 0.458. The fourth-order valence-corrected chi connectivity index (χ4v) is 5.40. The van der Waals surface area contributed by atoms with Gasteiger partial charge in [0.1, 0.15) is 12.4 Å². The molecule has 1 unspecified atom stereocenters. The molecule has 1 fully saturated rings. The number of hydrogen-bond acceptors (Lipinski definition) is 4. The summed E-state index contributed by atoms with van der Waals surface area (Å²) in [5, 5.41) is -0.195. The molecule has 2 aromatic rings. The average Bonchev–Trinajstić information content (AvgIpc) is 2.76. The molecular formula is C24H30ClFN2O4S. The lowest BCUT2D eigenvalue weighted by Crippen LogP contribution is -2.56. The van der Waals surface area contributed by atoms with E-state index in [2.05, 4.69) is 0 Å². The van der Waals surface area contributed by atoms with Gasteiger partial charge in [-0.2, -0.15) is 0 Å². The van der Waals surface area contributed by atoms with Gasteiger partial charge < -0.3 is 9.64 Å². The van der Waals surface area contributed by atoms with Crippen LogP contribution in [0.1, 0.15) is 39.3 Å². The Morgan fingerprint density at radius 2 is 1.76 bits per heavy atom. The van der Waals surface area contributed by atoms with Gasteiger partial charge in [0.05, 0.1) is 36.2 Å². The van der Waals surface area contributed by atoms with E-state index in [1.807, 2.05) is 26.0 Å². The molecule has 180 valence electrons. The van der Waals surface area contributed by atoms with E-state index in [0.717, 1.165) is 9.87 Å². The van der Waals surface area contributed by atoms with Gasteiger partial charge in [0.15, 0.2) is 0 Å². The molecular weight excluding hydrogens is 467 g/mol. The minimum atomic E-state index is -3.88. The summed E-state index contributed by atoms with van der Waals surface area (Å²) in [6, 6.07) is 12.0. The van der Waals surface area contributed by atoms with Gasteiger partial charge in [-0.25, -0.2) is 12.8 Å². The minimum Gasteiger partial charge on any atom is -0.369 e. The zero-order valence-corrected chi connectivity index (χ0v) is 20.8. The zero-order valence-electron chi connectivity index (χ0n) is 19.2. The fourth-order valence-electron chi connectivity index (χ4n) is 3.98. The quantitative estimate of drug-likeness (QED) is 0.533. The lowest BCUT2D eigenvalue weighted by atomic mass is 9.96. The van der Waals surface area contributed by atoms with Gasteiger partial charge in [-0.15, -0.1) is 0 Å². The molecule has 0 N–H and O–H groups in total. The van der Waals surface area contributed by atoms with Gasteiger partial charge in [-0.05, 0) is 49.6 Å². The Hall–Kier alpha value is -2.16. The van der Waals surface area contributed by atoms with Crippen LogP contribution in [0.4, 0.5) is 10.1 Å². The molecule has 0 saturated carbocycles. The van der Waals surface area contributed by atoms with Crippen LogP contribution in [0, 0.1) is 11.7 Å². The molecule has 1 heterocycles. The van der Waals surface area contributed by atoms with Gasteiger partial charge in [0.25, 0.3) is 0 Å². The number of ether oxygens (including phenoxy) is 1.